The number of hydrogen-bond acceptors (Lipinski definition) is 2. The summed E-state index contributed by atoms with van der Waals surface area (Å²) in [5.41, 5.74) is 6.23. The van der Waals surface area contributed by atoms with Gasteiger partial charge in [0.1, 0.15) is 0 Å². The zero-order valence-corrected chi connectivity index (χ0v) is 11.5. The van der Waals surface area contributed by atoms with Gasteiger partial charge >= 0.3 is 6.18 Å². The Bertz CT molecular complexity index is 396. The second-order valence-corrected chi connectivity index (χ2v) is 7.05. The van der Waals surface area contributed by atoms with Crippen molar-refractivity contribution < 1.29 is 13.2 Å². The number of thioether (sulfide) groups is 1. The predicted molar refractivity (Wildman–Crippen MR) is 69.7 cm³/mol. The molecule has 0 aliphatic carbocycles. The van der Waals surface area contributed by atoms with E-state index in [1.165, 1.54) is 11.8 Å². The molecule has 0 aliphatic heterocycles. The van der Waals surface area contributed by atoms with Crippen molar-refractivity contribution in [2.45, 2.75) is 49.1 Å². The number of nitrogens with two attached hydrogens (primary N) is 1. The number of alkyl halides is 3. The van der Waals surface area contributed by atoms with Crippen molar-refractivity contribution in [2.24, 2.45) is 5.73 Å². The highest BCUT2D eigenvalue weighted by Gasteiger charge is 2.32. The fourth-order valence-corrected chi connectivity index (χ4v) is 2.71. The summed E-state index contributed by atoms with van der Waals surface area (Å²) in [6, 6.07) is 6.03. The molecule has 0 heterocycles. The molecule has 2 N–H and O–H groups in total. The van der Waals surface area contributed by atoms with Gasteiger partial charge in [0.2, 0.25) is 0 Å². The molecule has 1 aromatic carbocycles. The maximum Gasteiger partial charge on any atom is 0.390 e. The minimum atomic E-state index is -4.24. The molecular formula is C13H18F3NS. The van der Waals surface area contributed by atoms with E-state index in [4.69, 9.17) is 5.73 Å². The summed E-state index contributed by atoms with van der Waals surface area (Å²) in [6.07, 6.45) is -5.23. The van der Waals surface area contributed by atoms with Crippen LogP contribution in [0.2, 0.25) is 0 Å². The van der Waals surface area contributed by atoms with Crippen molar-refractivity contribution in [3.05, 3.63) is 29.8 Å². The van der Waals surface area contributed by atoms with Gasteiger partial charge < -0.3 is 5.73 Å². The molecule has 1 aromatic rings. The third-order valence-electron chi connectivity index (χ3n) is 2.19. The lowest BCUT2D eigenvalue weighted by Gasteiger charge is -2.22. The Kier molecular flexibility index (Phi) is 4.72. The van der Waals surface area contributed by atoms with Crippen LogP contribution in [0.4, 0.5) is 13.2 Å². The van der Waals surface area contributed by atoms with Crippen LogP contribution in [0.3, 0.4) is 0 Å². The first-order valence-electron chi connectivity index (χ1n) is 5.69. The Morgan fingerprint density at radius 2 is 1.72 bits per heavy atom. The van der Waals surface area contributed by atoms with Gasteiger partial charge in [0.05, 0.1) is 6.42 Å². The average molecular weight is 277 g/mol. The lowest BCUT2D eigenvalue weighted by atomic mass is 10.0. The number of halogens is 3. The van der Waals surface area contributed by atoms with Crippen LogP contribution in [-0.4, -0.2) is 10.9 Å². The van der Waals surface area contributed by atoms with Gasteiger partial charge in [-0.25, -0.2) is 0 Å². The maximum atomic E-state index is 12.4. The van der Waals surface area contributed by atoms with Crippen LogP contribution in [0.25, 0.3) is 0 Å². The summed E-state index contributed by atoms with van der Waals surface area (Å²) < 4.78 is 37.1. The quantitative estimate of drug-likeness (QED) is 0.821. The molecule has 0 bridgehead atoms. The number of benzene rings is 1. The van der Waals surface area contributed by atoms with Gasteiger partial charge in [-0.15, -0.1) is 11.8 Å². The highest BCUT2D eigenvalue weighted by Crippen LogP contribution is 2.38. The summed E-state index contributed by atoms with van der Waals surface area (Å²) in [5, 5.41) is 0. The van der Waals surface area contributed by atoms with E-state index >= 15 is 0 Å². The summed E-state index contributed by atoms with van der Waals surface area (Å²) in [6.45, 7) is 6.05. The second kappa shape index (κ2) is 5.53. The molecule has 0 fully saturated rings. The molecule has 0 unspecified atom stereocenters. The number of hydrogen-bond donors (Lipinski definition) is 1. The molecule has 102 valence electrons. The monoisotopic (exact) mass is 277 g/mol. The smallest absolute Gasteiger partial charge is 0.324 e. The summed E-state index contributed by atoms with van der Waals surface area (Å²) in [4.78, 5) is 0.821. The minimum Gasteiger partial charge on any atom is -0.324 e. The fourth-order valence-electron chi connectivity index (χ4n) is 1.57. The van der Waals surface area contributed by atoms with Crippen LogP contribution < -0.4 is 5.73 Å². The van der Waals surface area contributed by atoms with Crippen LogP contribution in [-0.2, 0) is 0 Å². The molecule has 0 amide bonds. The molecule has 18 heavy (non-hydrogen) atoms. The Labute approximate surface area is 110 Å². The van der Waals surface area contributed by atoms with E-state index in [9.17, 15) is 13.2 Å². The van der Waals surface area contributed by atoms with Crippen molar-refractivity contribution in [3.63, 3.8) is 0 Å². The lowest BCUT2D eigenvalue weighted by molar-refractivity contribution is -0.138. The molecule has 5 heteroatoms. The highest BCUT2D eigenvalue weighted by atomic mass is 32.2. The van der Waals surface area contributed by atoms with E-state index in [-0.39, 0.29) is 4.75 Å². The minimum absolute atomic E-state index is 0.0615. The standard InChI is InChI=1S/C13H18F3NS/c1-12(2,3)18-11-7-5-4-6-9(11)10(17)8-13(14,15)16/h4-7,10H,8,17H2,1-3H3/t10-/m0/s1. The molecule has 0 saturated heterocycles. The van der Waals surface area contributed by atoms with E-state index in [2.05, 4.69) is 0 Å². The Morgan fingerprint density at radius 1 is 1.17 bits per heavy atom. The molecule has 0 spiro atoms. The molecule has 1 nitrogen and oxygen atoms in total. The maximum absolute atomic E-state index is 12.4. The SMILES string of the molecule is CC(C)(C)Sc1ccccc1[C@@H](N)CC(F)(F)F. The summed E-state index contributed by atoms with van der Waals surface area (Å²) in [5.74, 6) is 0. The third-order valence-corrected chi connectivity index (χ3v) is 3.39. The third kappa shape index (κ3) is 5.31. The Balaban J connectivity index is 2.95. The van der Waals surface area contributed by atoms with E-state index in [1.54, 1.807) is 12.1 Å². The molecule has 1 rings (SSSR count). The first-order valence-corrected chi connectivity index (χ1v) is 6.50. The largest absolute Gasteiger partial charge is 0.390 e. The van der Waals surface area contributed by atoms with Gasteiger partial charge in [-0.05, 0) is 11.6 Å². The van der Waals surface area contributed by atoms with Crippen LogP contribution >= 0.6 is 11.8 Å². The van der Waals surface area contributed by atoms with Gasteiger partial charge in [0.15, 0.2) is 0 Å². The van der Waals surface area contributed by atoms with Crippen molar-refractivity contribution in [2.75, 3.05) is 0 Å². The van der Waals surface area contributed by atoms with E-state index < -0.39 is 18.6 Å². The van der Waals surface area contributed by atoms with Crippen molar-refractivity contribution in [3.8, 4) is 0 Å². The van der Waals surface area contributed by atoms with Gasteiger partial charge in [-0.1, -0.05) is 39.0 Å². The zero-order chi connectivity index (χ0) is 14.0. The molecular weight excluding hydrogens is 259 g/mol. The second-order valence-electron chi connectivity index (χ2n) is 5.18. The summed E-state index contributed by atoms with van der Waals surface area (Å²) in [7, 11) is 0. The van der Waals surface area contributed by atoms with E-state index in [0.29, 0.717) is 5.56 Å². The van der Waals surface area contributed by atoms with Crippen molar-refractivity contribution in [1.29, 1.82) is 0 Å². The fraction of sp³-hybridized carbons (Fsp3) is 0.538. The van der Waals surface area contributed by atoms with Gasteiger partial charge in [-0.2, -0.15) is 13.2 Å². The first-order chi connectivity index (χ1) is 8.08. The van der Waals surface area contributed by atoms with Crippen LogP contribution in [0.1, 0.15) is 38.8 Å². The normalized spacial score (nSPS) is 14.6. The molecule has 0 aliphatic rings. The lowest BCUT2D eigenvalue weighted by Crippen LogP contribution is -2.21. The topological polar surface area (TPSA) is 26.0 Å². The van der Waals surface area contributed by atoms with Gasteiger partial charge in [0.25, 0.3) is 0 Å². The predicted octanol–water partition coefficient (Wildman–Crippen LogP) is 4.53. The van der Waals surface area contributed by atoms with E-state index in [1.807, 2.05) is 32.9 Å². The van der Waals surface area contributed by atoms with Crippen LogP contribution in [0, 0.1) is 0 Å². The molecule has 0 aromatic heterocycles. The van der Waals surface area contributed by atoms with Crippen LogP contribution in [0.5, 0.6) is 0 Å². The first kappa shape index (κ1) is 15.4. The Hall–Kier alpha value is -0.680. The molecule has 1 atom stereocenters. The summed E-state index contributed by atoms with van der Waals surface area (Å²) >= 11 is 1.53. The highest BCUT2D eigenvalue weighted by molar-refractivity contribution is 8.00. The molecule has 0 radical (unpaired) electrons. The van der Waals surface area contributed by atoms with Gasteiger partial charge in [-0.3, -0.25) is 0 Å². The van der Waals surface area contributed by atoms with Crippen molar-refractivity contribution in [1.82, 2.24) is 0 Å². The van der Waals surface area contributed by atoms with Gasteiger partial charge in [0, 0.05) is 15.7 Å². The number of rotatable bonds is 3. The average Bonchev–Trinajstić information content (AvgIpc) is 2.12. The van der Waals surface area contributed by atoms with Crippen LogP contribution in [0.15, 0.2) is 29.2 Å². The zero-order valence-electron chi connectivity index (χ0n) is 10.7. The Morgan fingerprint density at radius 3 is 2.22 bits per heavy atom. The van der Waals surface area contributed by atoms with Crippen molar-refractivity contribution >= 4 is 11.8 Å². The van der Waals surface area contributed by atoms with E-state index in [0.717, 1.165) is 4.90 Å². The molecule has 0 saturated carbocycles.